The lowest BCUT2D eigenvalue weighted by atomic mass is 9.93. The van der Waals surface area contributed by atoms with Crippen LogP contribution in [-0.4, -0.2) is 74.0 Å². The van der Waals surface area contributed by atoms with Gasteiger partial charge in [0.2, 0.25) is 6.79 Å². The quantitative estimate of drug-likeness (QED) is 0.393. The molecule has 2 fully saturated rings. The second-order valence-electron chi connectivity index (χ2n) is 10.9. The Morgan fingerprint density at radius 1 is 0.975 bits per heavy atom. The smallest absolute Gasteiger partial charge is 0.253 e. The van der Waals surface area contributed by atoms with Crippen molar-refractivity contribution in [1.82, 2.24) is 35.0 Å². The summed E-state index contributed by atoms with van der Waals surface area (Å²) in [6, 6.07) is 12.1. The highest BCUT2D eigenvalue weighted by molar-refractivity contribution is 5.83. The Labute approximate surface area is 230 Å². The zero-order valence-corrected chi connectivity index (χ0v) is 22.3. The van der Waals surface area contributed by atoms with Crippen LogP contribution in [0.25, 0.3) is 10.9 Å². The van der Waals surface area contributed by atoms with Crippen LogP contribution in [0.3, 0.4) is 0 Å². The average molecular weight is 546 g/mol. The molecule has 0 bridgehead atoms. The van der Waals surface area contributed by atoms with Crippen LogP contribution < -0.4 is 15.0 Å². The van der Waals surface area contributed by atoms with Crippen molar-refractivity contribution in [2.45, 2.75) is 50.7 Å². The van der Waals surface area contributed by atoms with Gasteiger partial charge in [0.05, 0.1) is 12.1 Å². The first-order valence-electron chi connectivity index (χ1n) is 14.1. The van der Waals surface area contributed by atoms with Gasteiger partial charge in [-0.15, -0.1) is 5.10 Å². The van der Waals surface area contributed by atoms with Gasteiger partial charge in [-0.2, -0.15) is 0 Å². The molecule has 0 unspecified atom stereocenters. The van der Waals surface area contributed by atoms with E-state index >= 15 is 0 Å². The monoisotopic (exact) mass is 545 g/mol. The van der Waals surface area contributed by atoms with Crippen LogP contribution in [0.15, 0.2) is 47.3 Å². The Bertz CT molecular complexity index is 1560. The Morgan fingerprint density at radius 3 is 2.50 bits per heavy atom. The minimum absolute atomic E-state index is 0.162. The van der Waals surface area contributed by atoms with Crippen LogP contribution in [-0.2, 0) is 6.54 Å². The molecule has 1 N–H and O–H groups in total. The fourth-order valence-corrected chi connectivity index (χ4v) is 6.40. The molecule has 1 aliphatic carbocycles. The van der Waals surface area contributed by atoms with Gasteiger partial charge in [0.15, 0.2) is 17.3 Å². The number of rotatable bonds is 6. The summed E-state index contributed by atoms with van der Waals surface area (Å²) in [5, 5.41) is 13.6. The number of hydrogen-bond acceptors (Lipinski definition) is 8. The number of aromatic nitrogens is 5. The topological polar surface area (TPSA) is 101 Å². The third-order valence-corrected chi connectivity index (χ3v) is 8.52. The van der Waals surface area contributed by atoms with Crippen LogP contribution in [0.5, 0.6) is 11.5 Å². The number of fused-ring (bicyclic) bond motifs is 2. The van der Waals surface area contributed by atoms with Gasteiger partial charge in [-0.1, -0.05) is 31.4 Å². The summed E-state index contributed by atoms with van der Waals surface area (Å²) in [7, 11) is 0. The van der Waals surface area contributed by atoms with E-state index in [4.69, 9.17) is 9.47 Å². The molecule has 2 aromatic heterocycles. The van der Waals surface area contributed by atoms with E-state index in [0.717, 1.165) is 37.1 Å². The highest BCUT2D eigenvalue weighted by Gasteiger charge is 2.34. The third kappa shape index (κ3) is 4.84. The maximum atomic E-state index is 13.6. The SMILES string of the molecule is O=c1[nH]c2cc3c(cc2cc1[C@H](c1nnnn1Cc1ccc(F)cc1)N1CCN(C2CCCCC2)CC1)OCO3. The van der Waals surface area contributed by atoms with Gasteiger partial charge in [-0.05, 0) is 53.1 Å². The van der Waals surface area contributed by atoms with Crippen molar-refractivity contribution in [1.29, 1.82) is 0 Å². The van der Waals surface area contributed by atoms with Gasteiger partial charge in [0.25, 0.3) is 5.56 Å². The van der Waals surface area contributed by atoms with E-state index in [1.807, 2.05) is 12.1 Å². The van der Waals surface area contributed by atoms with Gasteiger partial charge < -0.3 is 14.5 Å². The van der Waals surface area contributed by atoms with Crippen LogP contribution in [0.4, 0.5) is 4.39 Å². The summed E-state index contributed by atoms with van der Waals surface area (Å²) in [4.78, 5) is 21.6. The zero-order valence-electron chi connectivity index (χ0n) is 22.3. The van der Waals surface area contributed by atoms with Crippen molar-refractivity contribution in [3.8, 4) is 11.5 Å². The molecule has 2 aliphatic heterocycles. The fourth-order valence-electron chi connectivity index (χ4n) is 6.40. The van der Waals surface area contributed by atoms with Crippen molar-refractivity contribution in [2.24, 2.45) is 0 Å². The minimum atomic E-state index is -0.456. The minimum Gasteiger partial charge on any atom is -0.454 e. The normalized spacial score (nSPS) is 19.3. The molecule has 1 saturated heterocycles. The number of H-pyrrole nitrogens is 1. The van der Waals surface area contributed by atoms with E-state index in [-0.39, 0.29) is 18.2 Å². The van der Waals surface area contributed by atoms with E-state index in [2.05, 4.69) is 30.3 Å². The van der Waals surface area contributed by atoms with Crippen LogP contribution in [0, 0.1) is 5.82 Å². The first-order valence-corrected chi connectivity index (χ1v) is 14.1. The first kappa shape index (κ1) is 25.2. The lowest BCUT2D eigenvalue weighted by molar-refractivity contribution is 0.0618. The van der Waals surface area contributed by atoms with E-state index in [9.17, 15) is 9.18 Å². The number of hydrogen-bond donors (Lipinski definition) is 1. The molecule has 40 heavy (non-hydrogen) atoms. The van der Waals surface area contributed by atoms with E-state index < -0.39 is 6.04 Å². The molecule has 0 amide bonds. The first-order chi connectivity index (χ1) is 19.6. The summed E-state index contributed by atoms with van der Waals surface area (Å²) >= 11 is 0. The predicted octanol–water partition coefficient (Wildman–Crippen LogP) is 3.47. The number of piperazine rings is 1. The van der Waals surface area contributed by atoms with E-state index in [1.54, 1.807) is 22.9 Å². The van der Waals surface area contributed by atoms with Gasteiger partial charge in [0.1, 0.15) is 11.9 Å². The summed E-state index contributed by atoms with van der Waals surface area (Å²) in [6.45, 7) is 3.99. The molecule has 1 atom stereocenters. The van der Waals surface area contributed by atoms with Crippen LogP contribution in [0.1, 0.15) is 55.1 Å². The number of aromatic amines is 1. The van der Waals surface area contributed by atoms with Gasteiger partial charge in [0, 0.05) is 49.2 Å². The highest BCUT2D eigenvalue weighted by Crippen LogP contribution is 2.36. The van der Waals surface area contributed by atoms with E-state index in [1.165, 1.54) is 44.2 Å². The van der Waals surface area contributed by atoms with Crippen LogP contribution in [0.2, 0.25) is 0 Å². The summed E-state index contributed by atoms with van der Waals surface area (Å²) < 4.78 is 26.4. The molecule has 0 radical (unpaired) electrons. The van der Waals surface area contributed by atoms with Crippen molar-refractivity contribution < 1.29 is 13.9 Å². The number of nitrogens with zero attached hydrogens (tertiary/aromatic N) is 6. The zero-order chi connectivity index (χ0) is 27.1. The number of pyridine rings is 1. The summed E-state index contributed by atoms with van der Waals surface area (Å²) in [5.41, 5.74) is 1.94. The largest absolute Gasteiger partial charge is 0.454 e. The third-order valence-electron chi connectivity index (χ3n) is 8.52. The lowest BCUT2D eigenvalue weighted by Crippen LogP contribution is -2.52. The van der Waals surface area contributed by atoms with Crippen molar-refractivity contribution in [2.75, 3.05) is 33.0 Å². The van der Waals surface area contributed by atoms with Crippen molar-refractivity contribution in [3.63, 3.8) is 0 Å². The molecule has 4 aromatic rings. The van der Waals surface area contributed by atoms with E-state index in [0.29, 0.717) is 41.0 Å². The molecule has 10 nitrogen and oxygen atoms in total. The molecular formula is C29H32FN7O3. The maximum absolute atomic E-state index is 13.6. The highest BCUT2D eigenvalue weighted by atomic mass is 19.1. The standard InChI is InChI=1S/C29H32FN7O3/c30-21-8-6-19(7-9-21)17-37-28(32-33-34-37)27(36-12-10-35(11-13-36)22-4-2-1-3-5-22)23-14-20-15-25-26(40-18-39-25)16-24(20)31-29(23)38/h6-9,14-16,22,27H,1-5,10-13,17-18H2,(H,31,38)/t27-/m1/s1. The Kier molecular flexibility index (Phi) is 6.68. The Morgan fingerprint density at radius 2 is 1.73 bits per heavy atom. The van der Waals surface area contributed by atoms with Crippen molar-refractivity contribution >= 4 is 10.9 Å². The molecule has 3 aliphatic rings. The number of halogens is 1. The number of tetrazole rings is 1. The molecule has 2 aromatic carbocycles. The molecule has 1 saturated carbocycles. The summed E-state index contributed by atoms with van der Waals surface area (Å²) in [5.74, 6) is 1.57. The van der Waals surface area contributed by atoms with Crippen molar-refractivity contribution in [3.05, 3.63) is 75.6 Å². The Hall–Kier alpha value is -3.83. The number of benzene rings is 2. The molecule has 0 spiro atoms. The lowest BCUT2D eigenvalue weighted by Gasteiger charge is -2.42. The molecule has 208 valence electrons. The number of ether oxygens (including phenoxy) is 2. The van der Waals surface area contributed by atoms with Gasteiger partial charge in [-0.3, -0.25) is 14.6 Å². The average Bonchev–Trinajstić information content (AvgIpc) is 3.64. The Balaban J connectivity index is 1.25. The second-order valence-corrected chi connectivity index (χ2v) is 10.9. The predicted molar refractivity (Wildman–Crippen MR) is 146 cm³/mol. The number of nitrogens with one attached hydrogen (secondary N) is 1. The van der Waals surface area contributed by atoms with Gasteiger partial charge in [-0.25, -0.2) is 9.07 Å². The molecule has 11 heteroatoms. The fraction of sp³-hybridized carbons (Fsp3) is 0.448. The molecule has 7 rings (SSSR count). The van der Waals surface area contributed by atoms with Gasteiger partial charge >= 0.3 is 0 Å². The van der Waals surface area contributed by atoms with Crippen LogP contribution >= 0.6 is 0 Å². The molecular weight excluding hydrogens is 513 g/mol. The molecule has 4 heterocycles. The summed E-state index contributed by atoms with van der Waals surface area (Å²) in [6.07, 6.45) is 6.47. The second kappa shape index (κ2) is 10.6. The maximum Gasteiger partial charge on any atom is 0.253 e.